The summed E-state index contributed by atoms with van der Waals surface area (Å²) in [5.41, 5.74) is 3.52. The zero-order chi connectivity index (χ0) is 20.2. The van der Waals surface area contributed by atoms with Gasteiger partial charge in [-0.1, -0.05) is 30.3 Å². The number of hydrogen-bond acceptors (Lipinski definition) is 4. The number of anilines is 1. The lowest BCUT2D eigenvalue weighted by Crippen LogP contribution is -2.15. The van der Waals surface area contributed by atoms with Crippen LogP contribution in [0.25, 0.3) is 5.69 Å². The van der Waals surface area contributed by atoms with Crippen LogP contribution in [0.4, 0.5) is 10.2 Å². The lowest BCUT2D eigenvalue weighted by atomic mass is 10.1. The first-order chi connectivity index (χ1) is 14.1. The first-order valence-electron chi connectivity index (χ1n) is 9.16. The van der Waals surface area contributed by atoms with E-state index < -0.39 is 0 Å². The van der Waals surface area contributed by atoms with Crippen LogP contribution in [0.1, 0.15) is 21.8 Å². The summed E-state index contributed by atoms with van der Waals surface area (Å²) in [5.74, 6) is 0.126. The van der Waals surface area contributed by atoms with Crippen LogP contribution >= 0.6 is 11.3 Å². The van der Waals surface area contributed by atoms with E-state index in [1.807, 2.05) is 48.8 Å². The van der Waals surface area contributed by atoms with E-state index >= 15 is 0 Å². The van der Waals surface area contributed by atoms with Crippen LogP contribution in [0.5, 0.6) is 0 Å². The van der Waals surface area contributed by atoms with Gasteiger partial charge < -0.3 is 5.32 Å². The predicted molar refractivity (Wildman–Crippen MR) is 112 cm³/mol. The molecule has 1 N–H and O–H groups in total. The quantitative estimate of drug-likeness (QED) is 0.511. The van der Waals surface area contributed by atoms with Gasteiger partial charge in [0.05, 0.1) is 22.8 Å². The highest BCUT2D eigenvalue weighted by Gasteiger charge is 2.13. The average molecular weight is 406 g/mol. The summed E-state index contributed by atoms with van der Waals surface area (Å²) in [7, 11) is 0. The number of nitrogens with one attached hydrogen (secondary N) is 1. The molecule has 0 atom stereocenters. The highest BCUT2D eigenvalue weighted by atomic mass is 32.1. The molecule has 0 spiro atoms. The number of rotatable bonds is 6. The normalized spacial score (nSPS) is 10.8. The summed E-state index contributed by atoms with van der Waals surface area (Å²) in [4.78, 5) is 17.0. The van der Waals surface area contributed by atoms with Gasteiger partial charge in [-0.3, -0.25) is 4.79 Å². The standard InChI is InChI=1S/C22H19FN4OS/c1-15-13-27(19-5-3-2-4-6-19)26-22(15)25-20(28)12-18-14-29-21(24-18)11-16-7-9-17(23)10-8-16/h2-10,13-14H,11-12H2,1H3,(H,25,26,28). The lowest BCUT2D eigenvalue weighted by Gasteiger charge is -2.02. The van der Waals surface area contributed by atoms with E-state index in [0.29, 0.717) is 17.9 Å². The molecular formula is C22H19FN4OS. The van der Waals surface area contributed by atoms with Crippen molar-refractivity contribution in [1.82, 2.24) is 14.8 Å². The van der Waals surface area contributed by atoms with E-state index in [1.165, 1.54) is 23.5 Å². The van der Waals surface area contributed by atoms with E-state index in [9.17, 15) is 9.18 Å². The van der Waals surface area contributed by atoms with Gasteiger partial charge in [-0.2, -0.15) is 0 Å². The maximum absolute atomic E-state index is 13.0. The molecule has 5 nitrogen and oxygen atoms in total. The van der Waals surface area contributed by atoms with Gasteiger partial charge >= 0.3 is 0 Å². The molecule has 2 aromatic heterocycles. The van der Waals surface area contributed by atoms with Crippen LogP contribution < -0.4 is 5.32 Å². The van der Waals surface area contributed by atoms with Gasteiger partial charge in [0.2, 0.25) is 5.91 Å². The Balaban J connectivity index is 1.38. The number of nitrogens with zero attached hydrogens (tertiary/aromatic N) is 3. The number of carbonyl (C=O) groups is 1. The maximum Gasteiger partial charge on any atom is 0.231 e. The van der Waals surface area contributed by atoms with E-state index in [1.54, 1.807) is 16.8 Å². The number of aromatic nitrogens is 3. The Bertz CT molecular complexity index is 1120. The van der Waals surface area contributed by atoms with Crippen LogP contribution in [0.3, 0.4) is 0 Å². The fourth-order valence-electron chi connectivity index (χ4n) is 2.93. The van der Waals surface area contributed by atoms with E-state index in [0.717, 1.165) is 21.8 Å². The zero-order valence-electron chi connectivity index (χ0n) is 15.8. The summed E-state index contributed by atoms with van der Waals surface area (Å²) in [5, 5.41) is 10.1. The molecule has 0 aliphatic rings. The lowest BCUT2D eigenvalue weighted by molar-refractivity contribution is -0.115. The Hall–Kier alpha value is -3.32. The molecule has 4 aromatic rings. The summed E-state index contributed by atoms with van der Waals surface area (Å²) in [6.07, 6.45) is 2.68. The molecule has 29 heavy (non-hydrogen) atoms. The third-order valence-electron chi connectivity index (χ3n) is 4.39. The second-order valence-electron chi connectivity index (χ2n) is 6.70. The summed E-state index contributed by atoms with van der Waals surface area (Å²) >= 11 is 1.50. The van der Waals surface area contributed by atoms with E-state index in [-0.39, 0.29) is 18.1 Å². The molecule has 2 heterocycles. The zero-order valence-corrected chi connectivity index (χ0v) is 16.6. The summed E-state index contributed by atoms with van der Waals surface area (Å²) in [6, 6.07) is 16.1. The fraction of sp³-hybridized carbons (Fsp3) is 0.136. The molecule has 0 radical (unpaired) electrons. The number of carbonyl (C=O) groups excluding carboxylic acids is 1. The van der Waals surface area contributed by atoms with Gasteiger partial charge in [-0.15, -0.1) is 16.4 Å². The molecule has 1 amide bonds. The van der Waals surface area contributed by atoms with Crippen molar-refractivity contribution in [2.24, 2.45) is 0 Å². The van der Waals surface area contributed by atoms with Gasteiger partial charge in [-0.25, -0.2) is 14.1 Å². The Morgan fingerprint density at radius 3 is 2.66 bits per heavy atom. The van der Waals surface area contributed by atoms with Crippen molar-refractivity contribution in [1.29, 1.82) is 0 Å². The molecule has 7 heteroatoms. The minimum absolute atomic E-state index is 0.162. The molecule has 0 saturated carbocycles. The third kappa shape index (κ3) is 4.75. The van der Waals surface area contributed by atoms with Crippen LogP contribution in [-0.2, 0) is 17.6 Å². The molecular weight excluding hydrogens is 387 g/mol. The number of hydrogen-bond donors (Lipinski definition) is 1. The molecule has 0 aliphatic heterocycles. The maximum atomic E-state index is 13.0. The fourth-order valence-corrected chi connectivity index (χ4v) is 3.75. The molecule has 0 saturated heterocycles. The molecule has 0 fully saturated rings. The Kier molecular flexibility index (Phi) is 5.48. The molecule has 0 bridgehead atoms. The van der Waals surface area contributed by atoms with Crippen molar-refractivity contribution in [3.63, 3.8) is 0 Å². The SMILES string of the molecule is Cc1cn(-c2ccccc2)nc1NC(=O)Cc1csc(Cc2ccc(F)cc2)n1. The number of para-hydroxylation sites is 1. The molecule has 146 valence electrons. The second kappa shape index (κ2) is 8.36. The first-order valence-corrected chi connectivity index (χ1v) is 10.0. The van der Waals surface area contributed by atoms with Gasteiger partial charge in [0, 0.05) is 23.6 Å². The van der Waals surface area contributed by atoms with Gasteiger partial charge in [0.25, 0.3) is 0 Å². The first kappa shape index (κ1) is 19.0. The van der Waals surface area contributed by atoms with Gasteiger partial charge in [0.15, 0.2) is 5.82 Å². The third-order valence-corrected chi connectivity index (χ3v) is 5.28. The Labute approximate surface area is 171 Å². The number of benzene rings is 2. The van der Waals surface area contributed by atoms with Crippen LogP contribution in [0, 0.1) is 12.7 Å². The van der Waals surface area contributed by atoms with Crippen molar-refractivity contribution in [3.05, 3.63) is 93.8 Å². The molecule has 0 unspecified atom stereocenters. The Morgan fingerprint density at radius 1 is 1.14 bits per heavy atom. The topological polar surface area (TPSA) is 59.8 Å². The van der Waals surface area contributed by atoms with Crippen LogP contribution in [-0.4, -0.2) is 20.7 Å². The number of halogens is 1. The average Bonchev–Trinajstić information content (AvgIpc) is 3.31. The van der Waals surface area contributed by atoms with Crippen molar-refractivity contribution in [3.8, 4) is 5.69 Å². The highest BCUT2D eigenvalue weighted by Crippen LogP contribution is 2.18. The van der Waals surface area contributed by atoms with Crippen molar-refractivity contribution in [2.75, 3.05) is 5.32 Å². The summed E-state index contributed by atoms with van der Waals surface area (Å²) in [6.45, 7) is 1.91. The minimum Gasteiger partial charge on any atom is -0.309 e. The largest absolute Gasteiger partial charge is 0.309 e. The Morgan fingerprint density at radius 2 is 1.90 bits per heavy atom. The van der Waals surface area contributed by atoms with Crippen LogP contribution in [0.15, 0.2) is 66.2 Å². The van der Waals surface area contributed by atoms with Crippen LogP contribution in [0.2, 0.25) is 0 Å². The predicted octanol–water partition coefficient (Wildman–Crippen LogP) is 4.55. The van der Waals surface area contributed by atoms with Crippen molar-refractivity contribution >= 4 is 23.1 Å². The minimum atomic E-state index is -0.254. The second-order valence-corrected chi connectivity index (χ2v) is 7.64. The van der Waals surface area contributed by atoms with Crippen molar-refractivity contribution < 1.29 is 9.18 Å². The molecule has 2 aromatic carbocycles. The number of thiazole rings is 1. The highest BCUT2D eigenvalue weighted by molar-refractivity contribution is 7.09. The van der Waals surface area contributed by atoms with E-state index in [2.05, 4.69) is 15.4 Å². The van der Waals surface area contributed by atoms with Crippen molar-refractivity contribution in [2.45, 2.75) is 19.8 Å². The smallest absolute Gasteiger partial charge is 0.231 e. The number of aryl methyl sites for hydroxylation is 1. The monoisotopic (exact) mass is 406 g/mol. The summed E-state index contributed by atoms with van der Waals surface area (Å²) < 4.78 is 14.8. The van der Waals surface area contributed by atoms with Gasteiger partial charge in [0.1, 0.15) is 5.82 Å². The number of amides is 1. The van der Waals surface area contributed by atoms with E-state index in [4.69, 9.17) is 0 Å². The molecule has 4 rings (SSSR count). The molecule has 0 aliphatic carbocycles. The van der Waals surface area contributed by atoms with Gasteiger partial charge in [-0.05, 0) is 36.8 Å².